The summed E-state index contributed by atoms with van der Waals surface area (Å²) in [5.74, 6) is 0.206. The van der Waals surface area contributed by atoms with Crippen LogP contribution in [0.1, 0.15) is 23.9 Å². The van der Waals surface area contributed by atoms with E-state index < -0.39 is 9.84 Å². The van der Waals surface area contributed by atoms with E-state index in [9.17, 15) is 13.2 Å². The largest absolute Gasteiger partial charge is 0.497 e. The van der Waals surface area contributed by atoms with Crippen molar-refractivity contribution in [2.24, 2.45) is 0 Å². The number of para-hydroxylation sites is 2. The van der Waals surface area contributed by atoms with Crippen LogP contribution in [0.4, 0.5) is 5.69 Å². The molecule has 0 saturated heterocycles. The lowest BCUT2D eigenvalue weighted by atomic mass is 10.1. The van der Waals surface area contributed by atoms with E-state index in [1.165, 1.54) is 19.1 Å². The summed E-state index contributed by atoms with van der Waals surface area (Å²) in [6, 6.07) is 21.1. The average Bonchev–Trinajstić information content (AvgIpc) is 2.79. The molecule has 0 aliphatic heterocycles. The number of fused-ring (bicyclic) bond motifs is 1. The van der Waals surface area contributed by atoms with Crippen LogP contribution in [0.2, 0.25) is 0 Å². The van der Waals surface area contributed by atoms with Gasteiger partial charge >= 0.3 is 0 Å². The molecule has 1 aromatic heterocycles. The number of nitrogens with one attached hydrogen (secondary N) is 1. The number of anilines is 1. The Kier molecular flexibility index (Phi) is 6.37. The monoisotopic (exact) mass is 461 g/mol. The van der Waals surface area contributed by atoms with Crippen molar-refractivity contribution in [2.75, 3.05) is 12.4 Å². The summed E-state index contributed by atoms with van der Waals surface area (Å²) in [5.41, 5.74) is 3.82. The molecule has 1 amide bonds. The number of carbonyl (C=O) groups is 1. The van der Waals surface area contributed by atoms with Crippen molar-refractivity contribution in [3.05, 3.63) is 89.7 Å². The number of sulfone groups is 1. The van der Waals surface area contributed by atoms with Crippen LogP contribution in [-0.2, 0) is 26.8 Å². The fraction of sp³-hybridized carbons (Fsp3) is 0.160. The SMILES string of the molecule is COc1cccc(Cc2nc3ccccc3nc2CS(=O)(=O)c2ccc(NC(C)=O)cc2)c1. The van der Waals surface area contributed by atoms with Gasteiger partial charge in [-0.05, 0) is 54.1 Å². The van der Waals surface area contributed by atoms with E-state index in [1.807, 2.05) is 48.5 Å². The zero-order valence-corrected chi connectivity index (χ0v) is 19.1. The molecule has 168 valence electrons. The Labute approximate surface area is 192 Å². The molecule has 0 aliphatic rings. The molecule has 33 heavy (non-hydrogen) atoms. The van der Waals surface area contributed by atoms with Gasteiger partial charge < -0.3 is 10.1 Å². The van der Waals surface area contributed by atoms with Crippen LogP contribution in [-0.4, -0.2) is 31.4 Å². The van der Waals surface area contributed by atoms with Crippen molar-refractivity contribution in [2.45, 2.75) is 24.0 Å². The van der Waals surface area contributed by atoms with Gasteiger partial charge in [0.1, 0.15) is 5.75 Å². The van der Waals surface area contributed by atoms with Crippen molar-refractivity contribution >= 4 is 32.5 Å². The van der Waals surface area contributed by atoms with Gasteiger partial charge in [0.2, 0.25) is 5.91 Å². The molecule has 1 N–H and O–H groups in total. The summed E-state index contributed by atoms with van der Waals surface area (Å²) in [5, 5.41) is 2.63. The molecular formula is C25H23N3O4S. The number of hydrogen-bond acceptors (Lipinski definition) is 6. The van der Waals surface area contributed by atoms with Gasteiger partial charge in [0.05, 0.1) is 40.2 Å². The van der Waals surface area contributed by atoms with Gasteiger partial charge in [-0.25, -0.2) is 18.4 Å². The molecule has 1 heterocycles. The molecule has 0 radical (unpaired) electrons. The smallest absolute Gasteiger partial charge is 0.221 e. The van der Waals surface area contributed by atoms with Crippen LogP contribution >= 0.6 is 0 Å². The normalized spacial score (nSPS) is 11.3. The maximum Gasteiger partial charge on any atom is 0.221 e. The van der Waals surface area contributed by atoms with E-state index in [0.29, 0.717) is 34.5 Å². The molecular weight excluding hydrogens is 438 g/mol. The highest BCUT2D eigenvalue weighted by atomic mass is 32.2. The van der Waals surface area contributed by atoms with Crippen LogP contribution in [0.25, 0.3) is 11.0 Å². The third-order valence-corrected chi connectivity index (χ3v) is 6.74. The molecule has 3 aromatic carbocycles. The Morgan fingerprint density at radius 2 is 1.58 bits per heavy atom. The zero-order chi connectivity index (χ0) is 23.4. The molecule has 7 nitrogen and oxygen atoms in total. The predicted octanol–water partition coefficient (Wildman–Crippen LogP) is 4.16. The lowest BCUT2D eigenvalue weighted by Gasteiger charge is -2.12. The second kappa shape index (κ2) is 9.38. The van der Waals surface area contributed by atoms with Gasteiger partial charge in [0.15, 0.2) is 9.84 Å². The number of nitrogens with zero attached hydrogens (tertiary/aromatic N) is 2. The number of rotatable bonds is 7. The minimum Gasteiger partial charge on any atom is -0.497 e. The quantitative estimate of drug-likeness (QED) is 0.444. The molecule has 0 atom stereocenters. The standard InChI is InChI=1S/C25H23N3O4S/c1-17(29)26-19-10-12-21(13-11-19)33(30,31)16-25-24(15-18-6-5-7-20(14-18)32-2)27-22-8-3-4-9-23(22)28-25/h3-14H,15-16H2,1-2H3,(H,26,29). The average molecular weight is 462 g/mol. The maximum atomic E-state index is 13.2. The fourth-order valence-corrected chi connectivity index (χ4v) is 4.83. The third-order valence-electron chi connectivity index (χ3n) is 5.09. The molecule has 8 heteroatoms. The lowest BCUT2D eigenvalue weighted by Crippen LogP contribution is -2.11. The Bertz CT molecular complexity index is 1420. The van der Waals surface area contributed by atoms with Crippen molar-refractivity contribution in [1.82, 2.24) is 9.97 Å². The topological polar surface area (TPSA) is 98.2 Å². The number of ether oxygens (including phenoxy) is 1. The van der Waals surface area contributed by atoms with Crippen molar-refractivity contribution in [1.29, 1.82) is 0 Å². The molecule has 0 unspecified atom stereocenters. The van der Waals surface area contributed by atoms with Gasteiger partial charge in [0.25, 0.3) is 0 Å². The second-order valence-electron chi connectivity index (χ2n) is 7.60. The Hall–Kier alpha value is -3.78. The van der Waals surface area contributed by atoms with Gasteiger partial charge in [-0.3, -0.25) is 4.79 Å². The molecule has 0 aliphatic carbocycles. The van der Waals surface area contributed by atoms with Crippen molar-refractivity contribution < 1.29 is 17.9 Å². The van der Waals surface area contributed by atoms with Crippen molar-refractivity contribution in [3.63, 3.8) is 0 Å². The minimum absolute atomic E-state index is 0.152. The summed E-state index contributed by atoms with van der Waals surface area (Å²) >= 11 is 0. The number of benzene rings is 3. The number of aromatic nitrogens is 2. The zero-order valence-electron chi connectivity index (χ0n) is 18.3. The first-order valence-electron chi connectivity index (χ1n) is 10.3. The predicted molar refractivity (Wildman–Crippen MR) is 127 cm³/mol. The first kappa shape index (κ1) is 22.4. The first-order chi connectivity index (χ1) is 15.8. The van der Waals surface area contributed by atoms with E-state index >= 15 is 0 Å². The number of amides is 1. The van der Waals surface area contributed by atoms with Gasteiger partial charge in [-0.2, -0.15) is 0 Å². The lowest BCUT2D eigenvalue weighted by molar-refractivity contribution is -0.114. The Morgan fingerprint density at radius 3 is 2.21 bits per heavy atom. The van der Waals surface area contributed by atoms with Crippen LogP contribution in [0.3, 0.4) is 0 Å². The van der Waals surface area contributed by atoms with Crippen LogP contribution in [0.5, 0.6) is 5.75 Å². The summed E-state index contributed by atoms with van der Waals surface area (Å²) in [6.07, 6.45) is 0.418. The molecule has 0 spiro atoms. The van der Waals surface area contributed by atoms with E-state index in [1.54, 1.807) is 19.2 Å². The molecule has 4 aromatic rings. The second-order valence-corrected chi connectivity index (χ2v) is 9.59. The summed E-state index contributed by atoms with van der Waals surface area (Å²) in [6.45, 7) is 1.40. The maximum absolute atomic E-state index is 13.2. The van der Waals surface area contributed by atoms with Gasteiger partial charge in [-0.15, -0.1) is 0 Å². The fourth-order valence-electron chi connectivity index (χ4n) is 3.52. The molecule has 0 bridgehead atoms. The summed E-state index contributed by atoms with van der Waals surface area (Å²) in [7, 11) is -2.09. The minimum atomic E-state index is -3.69. The first-order valence-corrected chi connectivity index (χ1v) is 12.0. The van der Waals surface area contributed by atoms with Gasteiger partial charge in [0, 0.05) is 19.0 Å². The molecule has 0 fully saturated rings. The van der Waals surface area contributed by atoms with Crippen LogP contribution < -0.4 is 10.1 Å². The highest BCUT2D eigenvalue weighted by Gasteiger charge is 2.20. The summed E-state index contributed by atoms with van der Waals surface area (Å²) < 4.78 is 31.7. The highest BCUT2D eigenvalue weighted by molar-refractivity contribution is 7.90. The number of methoxy groups -OCH3 is 1. The highest BCUT2D eigenvalue weighted by Crippen LogP contribution is 2.24. The summed E-state index contributed by atoms with van der Waals surface area (Å²) in [4.78, 5) is 20.8. The number of carbonyl (C=O) groups excluding carboxylic acids is 1. The van der Waals surface area contributed by atoms with E-state index in [2.05, 4.69) is 10.3 Å². The molecule has 4 rings (SSSR count). The van der Waals surface area contributed by atoms with Crippen molar-refractivity contribution in [3.8, 4) is 5.75 Å². The van der Waals surface area contributed by atoms with Crippen LogP contribution in [0, 0.1) is 0 Å². The Morgan fingerprint density at radius 1 is 0.909 bits per heavy atom. The Balaban J connectivity index is 1.70. The van der Waals surface area contributed by atoms with E-state index in [0.717, 1.165) is 11.3 Å². The van der Waals surface area contributed by atoms with Crippen LogP contribution in [0.15, 0.2) is 77.7 Å². The number of hydrogen-bond donors (Lipinski definition) is 1. The van der Waals surface area contributed by atoms with Gasteiger partial charge in [-0.1, -0.05) is 24.3 Å². The third kappa shape index (κ3) is 5.35. The van der Waals surface area contributed by atoms with E-state index in [4.69, 9.17) is 9.72 Å². The molecule has 0 saturated carbocycles. The van der Waals surface area contributed by atoms with E-state index in [-0.39, 0.29) is 16.6 Å².